The van der Waals surface area contributed by atoms with Crippen LogP contribution in [0, 0.1) is 0 Å². The van der Waals surface area contributed by atoms with E-state index in [1.165, 1.54) is 6.92 Å². The summed E-state index contributed by atoms with van der Waals surface area (Å²) in [7, 11) is 2.01. The van der Waals surface area contributed by atoms with E-state index in [4.69, 9.17) is 0 Å². The van der Waals surface area contributed by atoms with E-state index in [1.807, 2.05) is 25.4 Å². The van der Waals surface area contributed by atoms with Gasteiger partial charge in [-0.3, -0.25) is 14.6 Å². The third kappa shape index (κ3) is 4.01. The molecule has 2 N–H and O–H groups in total. The van der Waals surface area contributed by atoms with Crippen molar-refractivity contribution in [2.24, 2.45) is 7.05 Å². The van der Waals surface area contributed by atoms with Gasteiger partial charge in [0.05, 0.1) is 5.56 Å². The molecule has 0 fully saturated rings. The van der Waals surface area contributed by atoms with Gasteiger partial charge in [0.2, 0.25) is 5.91 Å². The lowest BCUT2D eigenvalue weighted by Crippen LogP contribution is -2.12. The number of benzene rings is 2. The largest absolute Gasteiger partial charge is 0.351 e. The summed E-state index contributed by atoms with van der Waals surface area (Å²) in [6.45, 7) is 1.45. The standard InChI is InChI=1S/C23H20N4O2/c1-15(28)25-20-4-6-21(7-5-20)26-23(29)19-12-18(13-24-14-19)16-3-8-22-17(11-16)9-10-27(22)2/h3-14H,1-2H3,(H,25,28)(H,26,29). The topological polar surface area (TPSA) is 76.0 Å². The SMILES string of the molecule is CC(=O)Nc1ccc(NC(=O)c2cncc(-c3ccc4c(ccn4C)c3)c2)cc1. The minimum Gasteiger partial charge on any atom is -0.351 e. The predicted octanol–water partition coefficient (Wildman–Crippen LogP) is 4.45. The van der Waals surface area contributed by atoms with Crippen molar-refractivity contribution < 1.29 is 9.59 Å². The van der Waals surface area contributed by atoms with Crippen LogP contribution in [0.4, 0.5) is 11.4 Å². The van der Waals surface area contributed by atoms with E-state index in [9.17, 15) is 9.59 Å². The molecule has 4 rings (SSSR count). The van der Waals surface area contributed by atoms with Gasteiger partial charge in [-0.2, -0.15) is 0 Å². The number of carbonyl (C=O) groups is 2. The number of rotatable bonds is 4. The van der Waals surface area contributed by atoms with Gasteiger partial charge < -0.3 is 15.2 Å². The average Bonchev–Trinajstić information content (AvgIpc) is 3.09. The summed E-state index contributed by atoms with van der Waals surface area (Å²) in [6, 6.07) is 17.0. The van der Waals surface area contributed by atoms with Crippen LogP contribution in [0.2, 0.25) is 0 Å². The Morgan fingerprint density at radius 3 is 2.31 bits per heavy atom. The molecule has 2 aromatic carbocycles. The molecule has 0 radical (unpaired) electrons. The van der Waals surface area contributed by atoms with Gasteiger partial charge in [-0.25, -0.2) is 0 Å². The molecule has 29 heavy (non-hydrogen) atoms. The summed E-state index contributed by atoms with van der Waals surface area (Å²) < 4.78 is 2.07. The Labute approximate surface area is 168 Å². The van der Waals surface area contributed by atoms with E-state index in [0.29, 0.717) is 16.9 Å². The molecule has 6 nitrogen and oxygen atoms in total. The second-order valence-electron chi connectivity index (χ2n) is 6.88. The fourth-order valence-electron chi connectivity index (χ4n) is 3.23. The average molecular weight is 384 g/mol. The maximum Gasteiger partial charge on any atom is 0.257 e. The van der Waals surface area contributed by atoms with Gasteiger partial charge in [-0.15, -0.1) is 0 Å². The Bertz CT molecular complexity index is 1210. The fourth-order valence-corrected chi connectivity index (χ4v) is 3.23. The molecule has 0 unspecified atom stereocenters. The molecule has 6 heteroatoms. The third-order valence-corrected chi connectivity index (χ3v) is 4.68. The maximum atomic E-state index is 12.7. The number of hydrogen-bond donors (Lipinski definition) is 2. The number of hydrogen-bond acceptors (Lipinski definition) is 3. The van der Waals surface area contributed by atoms with Crippen molar-refractivity contribution in [3.8, 4) is 11.1 Å². The second kappa shape index (κ2) is 7.59. The summed E-state index contributed by atoms with van der Waals surface area (Å²) in [5.74, 6) is -0.384. The van der Waals surface area contributed by atoms with Crippen LogP contribution >= 0.6 is 0 Å². The Morgan fingerprint density at radius 2 is 1.59 bits per heavy atom. The predicted molar refractivity (Wildman–Crippen MR) is 115 cm³/mol. The van der Waals surface area contributed by atoms with Gasteiger partial charge in [0.25, 0.3) is 5.91 Å². The molecule has 0 atom stereocenters. The monoisotopic (exact) mass is 384 g/mol. The molecule has 4 aromatic rings. The van der Waals surface area contributed by atoms with Crippen LogP contribution in [0.15, 0.2) is 73.2 Å². The number of nitrogens with zero attached hydrogens (tertiary/aromatic N) is 2. The van der Waals surface area contributed by atoms with Gasteiger partial charge in [0.1, 0.15) is 0 Å². The molecule has 0 aliphatic carbocycles. The zero-order chi connectivity index (χ0) is 20.4. The van der Waals surface area contributed by atoms with Crippen LogP contribution in [0.3, 0.4) is 0 Å². The summed E-state index contributed by atoms with van der Waals surface area (Å²) >= 11 is 0. The molecule has 0 saturated carbocycles. The molecule has 0 spiro atoms. The molecule has 2 aromatic heterocycles. The lowest BCUT2D eigenvalue weighted by Gasteiger charge is -2.08. The highest BCUT2D eigenvalue weighted by Crippen LogP contribution is 2.25. The number of amides is 2. The van der Waals surface area contributed by atoms with Crippen LogP contribution in [-0.4, -0.2) is 21.4 Å². The normalized spacial score (nSPS) is 10.7. The molecular weight excluding hydrogens is 364 g/mol. The van der Waals surface area contributed by atoms with E-state index in [2.05, 4.69) is 38.4 Å². The van der Waals surface area contributed by atoms with Crippen molar-refractivity contribution in [1.82, 2.24) is 9.55 Å². The summed E-state index contributed by atoms with van der Waals surface area (Å²) in [6.07, 6.45) is 5.32. The minimum absolute atomic E-state index is 0.140. The van der Waals surface area contributed by atoms with Gasteiger partial charge >= 0.3 is 0 Å². The first kappa shape index (κ1) is 18.4. The first-order chi connectivity index (χ1) is 14.0. The number of pyridine rings is 1. The lowest BCUT2D eigenvalue weighted by molar-refractivity contribution is -0.114. The van der Waals surface area contributed by atoms with Gasteiger partial charge in [-0.1, -0.05) is 6.07 Å². The van der Waals surface area contributed by atoms with E-state index < -0.39 is 0 Å². The highest BCUT2D eigenvalue weighted by Gasteiger charge is 2.10. The lowest BCUT2D eigenvalue weighted by atomic mass is 10.0. The van der Waals surface area contributed by atoms with Crippen molar-refractivity contribution in [1.29, 1.82) is 0 Å². The number of aryl methyl sites for hydroxylation is 1. The molecular formula is C23H20N4O2. The smallest absolute Gasteiger partial charge is 0.257 e. The third-order valence-electron chi connectivity index (χ3n) is 4.68. The molecule has 0 bridgehead atoms. The number of carbonyl (C=O) groups excluding carboxylic acids is 2. The zero-order valence-electron chi connectivity index (χ0n) is 16.1. The van der Waals surface area contributed by atoms with E-state index in [1.54, 1.807) is 36.7 Å². The van der Waals surface area contributed by atoms with Crippen LogP contribution in [0.25, 0.3) is 22.0 Å². The first-order valence-corrected chi connectivity index (χ1v) is 9.19. The van der Waals surface area contributed by atoms with Crippen LogP contribution in [-0.2, 0) is 11.8 Å². The van der Waals surface area contributed by atoms with Crippen LogP contribution < -0.4 is 10.6 Å². The quantitative estimate of drug-likeness (QED) is 0.546. The Kier molecular flexibility index (Phi) is 4.83. The number of anilines is 2. The molecule has 2 heterocycles. The van der Waals surface area contributed by atoms with Crippen LogP contribution in [0.1, 0.15) is 17.3 Å². The summed E-state index contributed by atoms with van der Waals surface area (Å²) in [5, 5.41) is 6.69. The number of fused-ring (bicyclic) bond motifs is 1. The summed E-state index contributed by atoms with van der Waals surface area (Å²) in [5.41, 5.74) is 4.82. The van der Waals surface area contributed by atoms with Crippen molar-refractivity contribution >= 4 is 34.1 Å². The Balaban J connectivity index is 1.54. The van der Waals surface area contributed by atoms with Gasteiger partial charge in [0, 0.05) is 60.4 Å². The first-order valence-electron chi connectivity index (χ1n) is 9.19. The molecule has 2 amide bonds. The maximum absolute atomic E-state index is 12.7. The van der Waals surface area contributed by atoms with E-state index in [-0.39, 0.29) is 11.8 Å². The zero-order valence-corrected chi connectivity index (χ0v) is 16.1. The highest BCUT2D eigenvalue weighted by atomic mass is 16.2. The van der Waals surface area contributed by atoms with E-state index in [0.717, 1.165) is 22.0 Å². The second-order valence-corrected chi connectivity index (χ2v) is 6.88. The molecule has 0 aliphatic heterocycles. The molecule has 0 saturated heterocycles. The van der Waals surface area contributed by atoms with Crippen molar-refractivity contribution in [2.75, 3.05) is 10.6 Å². The fraction of sp³-hybridized carbons (Fsp3) is 0.0870. The van der Waals surface area contributed by atoms with Crippen LogP contribution in [0.5, 0.6) is 0 Å². The van der Waals surface area contributed by atoms with Crippen molar-refractivity contribution in [2.45, 2.75) is 6.92 Å². The van der Waals surface area contributed by atoms with Crippen molar-refractivity contribution in [3.63, 3.8) is 0 Å². The minimum atomic E-state index is -0.243. The Morgan fingerprint density at radius 1 is 0.862 bits per heavy atom. The molecule has 144 valence electrons. The van der Waals surface area contributed by atoms with Crippen molar-refractivity contribution in [3.05, 3.63) is 78.8 Å². The Hall–Kier alpha value is -3.93. The summed E-state index contributed by atoms with van der Waals surface area (Å²) in [4.78, 5) is 28.0. The van der Waals surface area contributed by atoms with Gasteiger partial charge in [-0.05, 0) is 54.1 Å². The molecule has 0 aliphatic rings. The van der Waals surface area contributed by atoms with Gasteiger partial charge in [0.15, 0.2) is 0 Å². The number of nitrogens with one attached hydrogen (secondary N) is 2. The van der Waals surface area contributed by atoms with E-state index >= 15 is 0 Å². The highest BCUT2D eigenvalue weighted by molar-refractivity contribution is 6.05. The number of aromatic nitrogens is 2.